The van der Waals surface area contributed by atoms with Gasteiger partial charge in [0.1, 0.15) is 0 Å². The van der Waals surface area contributed by atoms with E-state index in [2.05, 4.69) is 6.07 Å². The van der Waals surface area contributed by atoms with Gasteiger partial charge < -0.3 is 9.47 Å². The van der Waals surface area contributed by atoms with Gasteiger partial charge in [0, 0.05) is 12.3 Å². The Morgan fingerprint density at radius 3 is 2.67 bits per heavy atom. The molecule has 0 radical (unpaired) electrons. The van der Waals surface area contributed by atoms with Gasteiger partial charge in [0.05, 0.1) is 25.4 Å². The van der Waals surface area contributed by atoms with Gasteiger partial charge in [-0.1, -0.05) is 37.3 Å². The van der Waals surface area contributed by atoms with E-state index in [1.54, 1.807) is 6.92 Å². The summed E-state index contributed by atoms with van der Waals surface area (Å²) in [4.78, 5) is 12.1. The van der Waals surface area contributed by atoms with Crippen molar-refractivity contribution in [1.29, 1.82) is 5.26 Å². The predicted molar refractivity (Wildman–Crippen MR) is 78.1 cm³/mol. The number of carbonyl (C=O) groups excluding carboxylic acids is 1. The Bertz CT molecular complexity index is 523. The molecule has 1 aromatic carbocycles. The van der Waals surface area contributed by atoms with E-state index in [0.29, 0.717) is 19.6 Å². The number of nitrogens with zero attached hydrogens (tertiary/aromatic N) is 1. The molecule has 2 rings (SSSR count). The number of carbonyl (C=O) groups is 1. The topological polar surface area (TPSA) is 59.3 Å². The van der Waals surface area contributed by atoms with E-state index in [1.165, 1.54) is 0 Å². The molecule has 0 bridgehead atoms. The maximum absolute atomic E-state index is 12.1. The largest absolute Gasteiger partial charge is 0.465 e. The second-order valence-corrected chi connectivity index (χ2v) is 5.36. The molecule has 0 aliphatic heterocycles. The van der Waals surface area contributed by atoms with E-state index in [0.717, 1.165) is 12.0 Å². The Morgan fingerprint density at radius 1 is 1.38 bits per heavy atom. The zero-order valence-electron chi connectivity index (χ0n) is 12.5. The van der Waals surface area contributed by atoms with Crippen molar-refractivity contribution in [2.45, 2.75) is 39.4 Å². The molecule has 3 atom stereocenters. The third kappa shape index (κ3) is 2.93. The van der Waals surface area contributed by atoms with E-state index in [9.17, 15) is 10.1 Å². The minimum atomic E-state index is -1.02. The summed E-state index contributed by atoms with van der Waals surface area (Å²) in [5, 5.41) is 9.43. The van der Waals surface area contributed by atoms with Gasteiger partial charge in [-0.25, -0.2) is 0 Å². The van der Waals surface area contributed by atoms with Crippen molar-refractivity contribution in [3.05, 3.63) is 35.9 Å². The predicted octanol–water partition coefficient (Wildman–Crippen LogP) is 3.07. The zero-order chi connectivity index (χ0) is 15.3. The molecule has 1 saturated carbocycles. The van der Waals surface area contributed by atoms with Crippen LogP contribution in [-0.4, -0.2) is 18.7 Å². The fourth-order valence-electron chi connectivity index (χ4n) is 3.00. The van der Waals surface area contributed by atoms with Crippen LogP contribution in [0.5, 0.6) is 0 Å². The first-order valence-electron chi connectivity index (χ1n) is 7.42. The third-order valence-electron chi connectivity index (χ3n) is 4.19. The number of rotatable bonds is 6. The highest BCUT2D eigenvalue weighted by molar-refractivity contribution is 5.82. The first-order valence-corrected chi connectivity index (χ1v) is 7.42. The molecule has 4 heteroatoms. The number of hydrogen-bond donors (Lipinski definition) is 0. The van der Waals surface area contributed by atoms with Crippen LogP contribution in [0.2, 0.25) is 0 Å². The van der Waals surface area contributed by atoms with Crippen molar-refractivity contribution < 1.29 is 14.3 Å². The Balaban J connectivity index is 1.99. The summed E-state index contributed by atoms with van der Waals surface area (Å²) in [6.45, 7) is 4.54. The fourth-order valence-corrected chi connectivity index (χ4v) is 3.00. The molecule has 1 aliphatic carbocycles. The van der Waals surface area contributed by atoms with Gasteiger partial charge in [-0.15, -0.1) is 0 Å². The lowest BCUT2D eigenvalue weighted by Crippen LogP contribution is -2.56. The number of nitriles is 1. The van der Waals surface area contributed by atoms with Gasteiger partial charge in [-0.2, -0.15) is 5.26 Å². The molecule has 112 valence electrons. The molecule has 3 unspecified atom stereocenters. The van der Waals surface area contributed by atoms with Crippen LogP contribution in [0.3, 0.4) is 0 Å². The van der Waals surface area contributed by atoms with Gasteiger partial charge in [0.25, 0.3) is 0 Å². The summed E-state index contributed by atoms with van der Waals surface area (Å²) < 4.78 is 11.0. The lowest BCUT2D eigenvalue weighted by atomic mass is 9.57. The number of hydrogen-bond acceptors (Lipinski definition) is 4. The minimum Gasteiger partial charge on any atom is -0.465 e. The molecule has 1 aliphatic rings. The van der Waals surface area contributed by atoms with Crippen molar-refractivity contribution in [1.82, 2.24) is 0 Å². The Kier molecular flexibility index (Phi) is 4.98. The number of ether oxygens (including phenoxy) is 2. The van der Waals surface area contributed by atoms with Crippen molar-refractivity contribution in [2.24, 2.45) is 11.3 Å². The van der Waals surface area contributed by atoms with Crippen LogP contribution >= 0.6 is 0 Å². The molecular weight excluding hydrogens is 266 g/mol. The van der Waals surface area contributed by atoms with Crippen LogP contribution in [-0.2, 0) is 20.9 Å². The summed E-state index contributed by atoms with van der Waals surface area (Å²) >= 11 is 0. The summed E-state index contributed by atoms with van der Waals surface area (Å²) in [6, 6.07) is 12.1. The highest BCUT2D eigenvalue weighted by atomic mass is 16.5. The Labute approximate surface area is 125 Å². The normalized spacial score (nSPS) is 27.5. The maximum atomic E-state index is 12.1. The average molecular weight is 287 g/mol. The molecule has 0 aromatic heterocycles. The molecular formula is C17H21NO3. The summed E-state index contributed by atoms with van der Waals surface area (Å²) in [6.07, 6.45) is 1.10. The highest BCUT2D eigenvalue weighted by Crippen LogP contribution is 2.51. The van der Waals surface area contributed by atoms with Crippen LogP contribution in [0.25, 0.3) is 0 Å². The first kappa shape index (κ1) is 15.5. The molecule has 1 fully saturated rings. The van der Waals surface area contributed by atoms with Crippen LogP contribution < -0.4 is 0 Å². The molecule has 0 spiro atoms. The smallest absolute Gasteiger partial charge is 0.326 e. The van der Waals surface area contributed by atoms with Crippen LogP contribution in [0.1, 0.15) is 32.3 Å². The van der Waals surface area contributed by atoms with Gasteiger partial charge in [0.15, 0.2) is 5.41 Å². The van der Waals surface area contributed by atoms with Crippen molar-refractivity contribution >= 4 is 5.97 Å². The SMILES string of the molecule is CCOC(=O)C1(C#N)CC(OCc2ccccc2)C1CC. The summed E-state index contributed by atoms with van der Waals surface area (Å²) in [5.74, 6) is -0.496. The number of esters is 1. The van der Waals surface area contributed by atoms with E-state index < -0.39 is 11.4 Å². The van der Waals surface area contributed by atoms with E-state index in [4.69, 9.17) is 9.47 Å². The minimum absolute atomic E-state index is 0.0562. The van der Waals surface area contributed by atoms with Gasteiger partial charge in [-0.05, 0) is 18.9 Å². The average Bonchev–Trinajstić information content (AvgIpc) is 2.48. The standard InChI is InChI=1S/C17H21NO3/c1-3-14-15(21-11-13-8-6-5-7-9-13)10-17(14,12-18)16(19)20-4-2/h5-9,14-15H,3-4,10-11H2,1-2H3. The molecule has 1 aromatic rings. The zero-order valence-corrected chi connectivity index (χ0v) is 12.5. The molecule has 0 heterocycles. The van der Waals surface area contributed by atoms with Gasteiger partial charge in [0.2, 0.25) is 0 Å². The van der Waals surface area contributed by atoms with Gasteiger partial charge >= 0.3 is 5.97 Å². The maximum Gasteiger partial charge on any atom is 0.326 e. The molecule has 0 N–H and O–H groups in total. The lowest BCUT2D eigenvalue weighted by molar-refractivity contribution is -0.182. The summed E-state index contributed by atoms with van der Waals surface area (Å²) in [7, 11) is 0. The van der Waals surface area contributed by atoms with Crippen molar-refractivity contribution in [2.75, 3.05) is 6.61 Å². The second kappa shape index (κ2) is 6.73. The van der Waals surface area contributed by atoms with Crippen LogP contribution in [0, 0.1) is 22.7 Å². The molecule has 21 heavy (non-hydrogen) atoms. The molecule has 4 nitrogen and oxygen atoms in total. The highest BCUT2D eigenvalue weighted by Gasteiger charge is 2.60. The Morgan fingerprint density at radius 2 is 2.10 bits per heavy atom. The third-order valence-corrected chi connectivity index (χ3v) is 4.19. The van der Waals surface area contributed by atoms with Crippen LogP contribution in [0.4, 0.5) is 0 Å². The van der Waals surface area contributed by atoms with E-state index >= 15 is 0 Å². The second-order valence-electron chi connectivity index (χ2n) is 5.36. The van der Waals surface area contributed by atoms with E-state index in [1.807, 2.05) is 37.3 Å². The van der Waals surface area contributed by atoms with Crippen molar-refractivity contribution in [3.8, 4) is 6.07 Å². The quantitative estimate of drug-likeness (QED) is 0.754. The fraction of sp³-hybridized carbons (Fsp3) is 0.529. The van der Waals surface area contributed by atoms with Gasteiger partial charge in [-0.3, -0.25) is 4.79 Å². The summed E-state index contributed by atoms with van der Waals surface area (Å²) in [5.41, 5.74) is 0.0736. The van der Waals surface area contributed by atoms with E-state index in [-0.39, 0.29) is 12.0 Å². The van der Waals surface area contributed by atoms with Crippen LogP contribution in [0.15, 0.2) is 30.3 Å². The Hall–Kier alpha value is -1.86. The number of benzene rings is 1. The first-order chi connectivity index (χ1) is 10.2. The van der Waals surface area contributed by atoms with Crippen molar-refractivity contribution in [3.63, 3.8) is 0 Å². The molecule has 0 saturated heterocycles. The lowest BCUT2D eigenvalue weighted by Gasteiger charge is -2.48. The molecule has 0 amide bonds. The monoisotopic (exact) mass is 287 g/mol.